The van der Waals surface area contributed by atoms with Gasteiger partial charge in [0.1, 0.15) is 12.7 Å². The fourth-order valence-electron chi connectivity index (χ4n) is 1.00. The van der Waals surface area contributed by atoms with Gasteiger partial charge in [0.05, 0.1) is 0 Å². The third-order valence-corrected chi connectivity index (χ3v) is 1.84. The van der Waals surface area contributed by atoms with Gasteiger partial charge in [-0.2, -0.15) is 5.26 Å². The van der Waals surface area contributed by atoms with Crippen molar-refractivity contribution in [3.63, 3.8) is 0 Å². The van der Waals surface area contributed by atoms with Gasteiger partial charge < -0.3 is 10.1 Å². The van der Waals surface area contributed by atoms with Crippen LogP contribution in [0.3, 0.4) is 0 Å². The predicted molar refractivity (Wildman–Crippen MR) is 62.4 cm³/mol. The van der Waals surface area contributed by atoms with Gasteiger partial charge in [-0.15, -0.1) is 0 Å². The lowest BCUT2D eigenvalue weighted by molar-refractivity contribution is -0.137. The highest BCUT2D eigenvalue weighted by Gasteiger charge is 2.08. The molecule has 88 valence electrons. The summed E-state index contributed by atoms with van der Waals surface area (Å²) >= 11 is 0. The third-order valence-electron chi connectivity index (χ3n) is 1.84. The van der Waals surface area contributed by atoms with Gasteiger partial charge >= 0.3 is 5.97 Å². The minimum atomic E-state index is -0.620. The van der Waals surface area contributed by atoms with E-state index >= 15 is 0 Å². The Bertz CT molecular complexity index is 290. The quantitative estimate of drug-likeness (QED) is 0.224. The van der Waals surface area contributed by atoms with Crippen molar-refractivity contribution < 1.29 is 9.53 Å². The molecular formula is C12H18N2O2. The molecule has 16 heavy (non-hydrogen) atoms. The number of carbonyl (C=O) groups is 1. The van der Waals surface area contributed by atoms with Crippen LogP contribution in [0, 0.1) is 11.3 Å². The fraction of sp³-hybridized carbons (Fsp3) is 0.500. The number of hydrogen-bond donors (Lipinski definition) is 1. The molecule has 0 aromatic carbocycles. The maximum atomic E-state index is 11.3. The molecule has 0 heterocycles. The van der Waals surface area contributed by atoms with Crippen LogP contribution in [-0.2, 0) is 9.53 Å². The molecule has 0 fully saturated rings. The van der Waals surface area contributed by atoms with E-state index in [2.05, 4.69) is 18.8 Å². The summed E-state index contributed by atoms with van der Waals surface area (Å²) in [4.78, 5) is 11.3. The molecule has 0 aromatic heterocycles. The van der Waals surface area contributed by atoms with Gasteiger partial charge in [0.15, 0.2) is 5.57 Å². The van der Waals surface area contributed by atoms with E-state index in [0.29, 0.717) is 0 Å². The first-order chi connectivity index (χ1) is 7.76. The van der Waals surface area contributed by atoms with Gasteiger partial charge in [-0.05, 0) is 6.42 Å². The van der Waals surface area contributed by atoms with Gasteiger partial charge in [-0.1, -0.05) is 32.4 Å². The highest BCUT2D eigenvalue weighted by atomic mass is 16.5. The first-order valence-corrected chi connectivity index (χ1v) is 5.38. The molecule has 0 radical (unpaired) electrons. The molecule has 4 heteroatoms. The first kappa shape index (κ1) is 14.2. The minimum Gasteiger partial charge on any atom is -0.457 e. The molecule has 0 aliphatic rings. The highest BCUT2D eigenvalue weighted by Crippen LogP contribution is 1.96. The second kappa shape index (κ2) is 9.78. The smallest absolute Gasteiger partial charge is 0.350 e. The van der Waals surface area contributed by atoms with Crippen molar-refractivity contribution in [3.05, 3.63) is 24.4 Å². The lowest BCUT2D eigenvalue weighted by atomic mass is 10.2. The molecule has 0 aliphatic carbocycles. The van der Waals surface area contributed by atoms with E-state index in [1.807, 2.05) is 0 Å². The largest absolute Gasteiger partial charge is 0.457 e. The summed E-state index contributed by atoms with van der Waals surface area (Å²) < 4.78 is 4.73. The van der Waals surface area contributed by atoms with Crippen molar-refractivity contribution in [2.24, 2.45) is 0 Å². The zero-order chi connectivity index (χ0) is 12.2. The van der Waals surface area contributed by atoms with Crippen molar-refractivity contribution in [3.8, 4) is 6.07 Å². The molecule has 4 nitrogen and oxygen atoms in total. The molecular weight excluding hydrogens is 204 g/mol. The molecule has 0 aliphatic heterocycles. The monoisotopic (exact) mass is 222 g/mol. The van der Waals surface area contributed by atoms with Crippen LogP contribution < -0.4 is 5.32 Å². The van der Waals surface area contributed by atoms with Crippen LogP contribution in [0.5, 0.6) is 0 Å². The van der Waals surface area contributed by atoms with Crippen LogP contribution in [-0.4, -0.2) is 19.1 Å². The Morgan fingerprint density at radius 1 is 1.56 bits per heavy atom. The Morgan fingerprint density at radius 3 is 2.88 bits per heavy atom. The Kier molecular flexibility index (Phi) is 8.71. The Hall–Kier alpha value is -1.76. The SMILES string of the molecule is C=CCOC(=O)C(C#N)=CNCCCCC. The van der Waals surface area contributed by atoms with Gasteiger partial charge in [-0.25, -0.2) is 4.79 Å². The van der Waals surface area contributed by atoms with Gasteiger partial charge in [0.25, 0.3) is 0 Å². The number of unbranched alkanes of at least 4 members (excludes halogenated alkanes) is 2. The Balaban J connectivity index is 3.97. The summed E-state index contributed by atoms with van der Waals surface area (Å²) in [5, 5.41) is 11.6. The summed E-state index contributed by atoms with van der Waals surface area (Å²) in [5.41, 5.74) is -0.0154. The van der Waals surface area contributed by atoms with E-state index in [1.54, 1.807) is 6.07 Å². The molecule has 0 atom stereocenters. The number of esters is 1. The zero-order valence-corrected chi connectivity index (χ0v) is 9.66. The van der Waals surface area contributed by atoms with E-state index in [0.717, 1.165) is 25.8 Å². The van der Waals surface area contributed by atoms with Crippen molar-refractivity contribution >= 4 is 5.97 Å². The van der Waals surface area contributed by atoms with Gasteiger partial charge in [-0.3, -0.25) is 0 Å². The van der Waals surface area contributed by atoms with E-state index in [1.165, 1.54) is 12.3 Å². The predicted octanol–water partition coefficient (Wildman–Crippen LogP) is 1.90. The van der Waals surface area contributed by atoms with Crippen molar-refractivity contribution in [2.75, 3.05) is 13.2 Å². The lowest BCUT2D eigenvalue weighted by Crippen LogP contribution is -2.13. The molecule has 0 saturated heterocycles. The number of carbonyl (C=O) groups excluding carboxylic acids is 1. The highest BCUT2D eigenvalue weighted by molar-refractivity contribution is 5.92. The molecule has 0 rings (SSSR count). The summed E-state index contributed by atoms with van der Waals surface area (Å²) in [6, 6.07) is 1.79. The van der Waals surface area contributed by atoms with Crippen LogP contribution in [0.2, 0.25) is 0 Å². The third kappa shape index (κ3) is 6.66. The van der Waals surface area contributed by atoms with Crippen molar-refractivity contribution in [1.29, 1.82) is 5.26 Å². The van der Waals surface area contributed by atoms with Crippen LogP contribution in [0.25, 0.3) is 0 Å². The normalized spacial score (nSPS) is 10.4. The van der Waals surface area contributed by atoms with E-state index in [-0.39, 0.29) is 12.2 Å². The second-order valence-electron chi connectivity index (χ2n) is 3.22. The zero-order valence-electron chi connectivity index (χ0n) is 9.66. The molecule has 0 aromatic rings. The van der Waals surface area contributed by atoms with Crippen LogP contribution in [0.15, 0.2) is 24.4 Å². The maximum Gasteiger partial charge on any atom is 0.350 e. The van der Waals surface area contributed by atoms with Crippen molar-refractivity contribution in [2.45, 2.75) is 26.2 Å². The summed E-state index contributed by atoms with van der Waals surface area (Å²) in [5.74, 6) is -0.620. The Labute approximate surface area is 96.6 Å². The molecule has 0 saturated carbocycles. The average Bonchev–Trinajstić information content (AvgIpc) is 2.31. The number of ether oxygens (including phenoxy) is 1. The number of rotatable bonds is 8. The number of hydrogen-bond acceptors (Lipinski definition) is 4. The standard InChI is InChI=1S/C12H18N2O2/c1-3-5-6-7-14-10-11(9-13)12(15)16-8-4-2/h4,10,14H,2-3,5-8H2,1H3. The minimum absolute atomic E-state index is 0.0154. The molecule has 0 unspecified atom stereocenters. The fourth-order valence-corrected chi connectivity index (χ4v) is 1.00. The summed E-state index contributed by atoms with van der Waals surface area (Å²) in [6.45, 7) is 6.41. The van der Waals surface area contributed by atoms with E-state index in [9.17, 15) is 4.79 Å². The van der Waals surface area contributed by atoms with Crippen molar-refractivity contribution in [1.82, 2.24) is 5.32 Å². The second-order valence-corrected chi connectivity index (χ2v) is 3.22. The number of nitriles is 1. The maximum absolute atomic E-state index is 11.3. The first-order valence-electron chi connectivity index (χ1n) is 5.38. The van der Waals surface area contributed by atoms with E-state index < -0.39 is 5.97 Å². The Morgan fingerprint density at radius 2 is 2.31 bits per heavy atom. The topological polar surface area (TPSA) is 62.1 Å². The summed E-state index contributed by atoms with van der Waals surface area (Å²) in [7, 11) is 0. The van der Waals surface area contributed by atoms with Gasteiger partial charge in [0.2, 0.25) is 0 Å². The van der Waals surface area contributed by atoms with Gasteiger partial charge in [0, 0.05) is 12.7 Å². The van der Waals surface area contributed by atoms with Crippen LogP contribution >= 0.6 is 0 Å². The molecule has 0 spiro atoms. The number of nitrogens with one attached hydrogen (secondary N) is 1. The molecule has 1 N–H and O–H groups in total. The molecule has 0 amide bonds. The average molecular weight is 222 g/mol. The van der Waals surface area contributed by atoms with Crippen LogP contribution in [0.1, 0.15) is 26.2 Å². The van der Waals surface area contributed by atoms with E-state index in [4.69, 9.17) is 10.00 Å². The molecule has 0 bridgehead atoms. The lowest BCUT2D eigenvalue weighted by Gasteiger charge is -2.02. The summed E-state index contributed by atoms with van der Waals surface area (Å²) in [6.07, 6.45) is 6.15. The number of nitrogens with zero attached hydrogens (tertiary/aromatic N) is 1. The van der Waals surface area contributed by atoms with Crippen LogP contribution in [0.4, 0.5) is 0 Å².